The molecule has 5 heteroatoms. The first-order valence-electron chi connectivity index (χ1n) is 5.23. The number of rotatable bonds is 3. The Bertz CT molecular complexity index is 424. The van der Waals surface area contributed by atoms with E-state index < -0.39 is 0 Å². The van der Waals surface area contributed by atoms with Crippen molar-refractivity contribution in [1.29, 1.82) is 0 Å². The Morgan fingerprint density at radius 1 is 1.29 bits per heavy atom. The molecule has 0 aliphatic carbocycles. The molecule has 1 aromatic rings. The molecule has 0 spiro atoms. The lowest BCUT2D eigenvalue weighted by molar-refractivity contribution is 0.949. The number of aliphatic imine (C=N–C) groups is 2. The van der Waals surface area contributed by atoms with Crippen LogP contribution in [0.3, 0.4) is 0 Å². The van der Waals surface area contributed by atoms with Crippen LogP contribution in [-0.2, 0) is 0 Å². The summed E-state index contributed by atoms with van der Waals surface area (Å²) in [4.78, 5) is 8.82. The molecular weight excluding hydrogens is 367 g/mol. The summed E-state index contributed by atoms with van der Waals surface area (Å²) in [5, 5.41) is 0. The van der Waals surface area contributed by atoms with Crippen LogP contribution in [0.1, 0.15) is 18.4 Å². The molecule has 1 aromatic carbocycles. The molecule has 0 radical (unpaired) electrons. The molecule has 1 aliphatic heterocycles. The zero-order valence-corrected chi connectivity index (χ0v) is 13.2. The first-order valence-corrected chi connectivity index (χ1v) is 6.82. The Balaban J connectivity index is 0.00000144. The number of halogens is 3. The lowest BCUT2D eigenvalue weighted by atomic mass is 10.2. The largest absolute Gasteiger partial charge is 0.292 e. The van der Waals surface area contributed by atoms with Gasteiger partial charge in [0.15, 0.2) is 0 Å². The van der Waals surface area contributed by atoms with Crippen molar-refractivity contribution in [2.24, 2.45) is 9.98 Å². The summed E-state index contributed by atoms with van der Waals surface area (Å²) in [5.41, 5.74) is 2.31. The fourth-order valence-electron chi connectivity index (χ4n) is 1.60. The number of hydrogen-bond acceptors (Lipinski definition) is 2. The molecule has 0 unspecified atom stereocenters. The second-order valence-electron chi connectivity index (χ2n) is 3.66. The zero-order valence-electron chi connectivity index (χ0n) is 9.20. The third kappa shape index (κ3) is 4.19. The summed E-state index contributed by atoms with van der Waals surface area (Å²) in [6.07, 6.45) is 4.19. The summed E-state index contributed by atoms with van der Waals surface area (Å²) < 4.78 is 2.11. The molecule has 0 atom stereocenters. The van der Waals surface area contributed by atoms with E-state index in [0.717, 1.165) is 34.0 Å². The molecule has 0 amide bonds. The summed E-state index contributed by atoms with van der Waals surface area (Å²) in [5.74, 6) is 0. The molecule has 0 fully saturated rings. The third-order valence-electron chi connectivity index (χ3n) is 2.45. The molecule has 2 nitrogen and oxygen atoms in total. The smallest absolute Gasteiger partial charge is 0.0768 e. The van der Waals surface area contributed by atoms with Gasteiger partial charge < -0.3 is 0 Å². The topological polar surface area (TPSA) is 24.7 Å². The van der Waals surface area contributed by atoms with Gasteiger partial charge in [0.1, 0.15) is 0 Å². The van der Waals surface area contributed by atoms with E-state index in [0.29, 0.717) is 0 Å². The Hall–Kier alpha value is -0.190. The van der Waals surface area contributed by atoms with Crippen molar-refractivity contribution >= 4 is 56.2 Å². The molecule has 0 aromatic heterocycles. The van der Waals surface area contributed by atoms with Gasteiger partial charge in [0.25, 0.3) is 0 Å². The van der Waals surface area contributed by atoms with Crippen molar-refractivity contribution in [1.82, 2.24) is 0 Å². The minimum Gasteiger partial charge on any atom is -0.292 e. The van der Waals surface area contributed by atoms with Gasteiger partial charge in [-0.15, -0.1) is 12.4 Å². The predicted octanol–water partition coefficient (Wildman–Crippen LogP) is 4.29. The molecule has 2 rings (SSSR count). The van der Waals surface area contributed by atoms with Crippen molar-refractivity contribution < 1.29 is 0 Å². The fourth-order valence-corrected chi connectivity index (χ4v) is 2.81. The fraction of sp³-hybridized carbons (Fsp3) is 0.333. The molecule has 0 saturated carbocycles. The number of benzene rings is 1. The minimum absolute atomic E-state index is 0. The molecule has 1 heterocycles. The standard InChI is InChI=1S/C12H12Br2N2.ClH/c13-11-4-1-5-12(14)10(11)8-15-7-9-3-2-6-16-9;/h1,4-5,8H,2-3,6-7H2;1H. The van der Waals surface area contributed by atoms with E-state index in [1.54, 1.807) is 0 Å². The van der Waals surface area contributed by atoms with E-state index in [4.69, 9.17) is 0 Å². The van der Waals surface area contributed by atoms with Crippen molar-refractivity contribution in [2.45, 2.75) is 12.8 Å². The lowest BCUT2D eigenvalue weighted by Crippen LogP contribution is -1.98. The van der Waals surface area contributed by atoms with Gasteiger partial charge in [-0.2, -0.15) is 0 Å². The van der Waals surface area contributed by atoms with E-state index in [-0.39, 0.29) is 12.4 Å². The first-order chi connectivity index (χ1) is 7.77. The predicted molar refractivity (Wildman–Crippen MR) is 83.1 cm³/mol. The van der Waals surface area contributed by atoms with Crippen LogP contribution >= 0.6 is 44.3 Å². The molecule has 0 N–H and O–H groups in total. The van der Waals surface area contributed by atoms with E-state index >= 15 is 0 Å². The van der Waals surface area contributed by atoms with Crippen LogP contribution in [0.25, 0.3) is 0 Å². The van der Waals surface area contributed by atoms with Crippen LogP contribution < -0.4 is 0 Å². The van der Waals surface area contributed by atoms with Crippen molar-refractivity contribution in [3.63, 3.8) is 0 Å². The van der Waals surface area contributed by atoms with Crippen LogP contribution in [0, 0.1) is 0 Å². The summed E-state index contributed by atoms with van der Waals surface area (Å²) >= 11 is 7.02. The van der Waals surface area contributed by atoms with Crippen LogP contribution in [0.4, 0.5) is 0 Å². The second kappa shape index (κ2) is 7.29. The molecule has 1 aliphatic rings. The van der Waals surface area contributed by atoms with Crippen molar-refractivity contribution in [3.8, 4) is 0 Å². The monoisotopic (exact) mass is 378 g/mol. The van der Waals surface area contributed by atoms with Gasteiger partial charge in [0.05, 0.1) is 6.54 Å². The van der Waals surface area contributed by atoms with Crippen LogP contribution in [-0.4, -0.2) is 25.0 Å². The highest BCUT2D eigenvalue weighted by atomic mass is 79.9. The van der Waals surface area contributed by atoms with E-state index in [1.165, 1.54) is 12.1 Å². The van der Waals surface area contributed by atoms with Gasteiger partial charge in [-0.05, 0) is 25.0 Å². The van der Waals surface area contributed by atoms with E-state index in [9.17, 15) is 0 Å². The number of hydrogen-bond donors (Lipinski definition) is 0. The SMILES string of the molecule is Brc1cccc(Br)c1C=NCC1=NCCC1.Cl. The first kappa shape index (κ1) is 14.9. The van der Waals surface area contributed by atoms with Gasteiger partial charge in [-0.25, -0.2) is 0 Å². The van der Waals surface area contributed by atoms with Gasteiger partial charge >= 0.3 is 0 Å². The zero-order chi connectivity index (χ0) is 11.4. The highest BCUT2D eigenvalue weighted by Crippen LogP contribution is 2.23. The summed E-state index contributed by atoms with van der Waals surface area (Å²) in [6.45, 7) is 1.71. The van der Waals surface area contributed by atoms with Gasteiger partial charge in [0.2, 0.25) is 0 Å². The third-order valence-corrected chi connectivity index (χ3v) is 3.84. The highest BCUT2D eigenvalue weighted by molar-refractivity contribution is 9.11. The molecule has 0 saturated heterocycles. The molecule has 17 heavy (non-hydrogen) atoms. The average molecular weight is 381 g/mol. The Morgan fingerprint density at radius 3 is 2.59 bits per heavy atom. The van der Waals surface area contributed by atoms with Crippen LogP contribution in [0.2, 0.25) is 0 Å². The van der Waals surface area contributed by atoms with Crippen molar-refractivity contribution in [2.75, 3.05) is 13.1 Å². The maximum absolute atomic E-state index is 4.43. The molecule has 0 bridgehead atoms. The summed E-state index contributed by atoms with van der Waals surface area (Å²) in [7, 11) is 0. The minimum atomic E-state index is 0. The maximum atomic E-state index is 4.43. The van der Waals surface area contributed by atoms with Gasteiger partial charge in [-0.3, -0.25) is 9.98 Å². The Kier molecular flexibility index (Phi) is 6.38. The molecule has 92 valence electrons. The van der Waals surface area contributed by atoms with Crippen molar-refractivity contribution in [3.05, 3.63) is 32.7 Å². The Labute approximate surface area is 124 Å². The van der Waals surface area contributed by atoms with Gasteiger partial charge in [-0.1, -0.05) is 37.9 Å². The maximum Gasteiger partial charge on any atom is 0.0768 e. The average Bonchev–Trinajstić information content (AvgIpc) is 2.75. The Morgan fingerprint density at radius 2 is 2.00 bits per heavy atom. The number of nitrogens with zero attached hydrogens (tertiary/aromatic N) is 2. The second-order valence-corrected chi connectivity index (χ2v) is 5.37. The lowest BCUT2D eigenvalue weighted by Gasteiger charge is -2.00. The van der Waals surface area contributed by atoms with Gasteiger partial charge in [0, 0.05) is 33.0 Å². The molecular formula is C12H13Br2ClN2. The van der Waals surface area contributed by atoms with Crippen LogP contribution in [0.15, 0.2) is 37.1 Å². The quantitative estimate of drug-likeness (QED) is 0.699. The normalized spacial score (nSPS) is 14.8. The summed E-state index contributed by atoms with van der Waals surface area (Å²) in [6, 6.07) is 6.02. The highest BCUT2D eigenvalue weighted by Gasteiger charge is 2.05. The van der Waals surface area contributed by atoms with E-state index in [2.05, 4.69) is 41.8 Å². The van der Waals surface area contributed by atoms with E-state index in [1.807, 2.05) is 24.4 Å². The van der Waals surface area contributed by atoms with Crippen LogP contribution in [0.5, 0.6) is 0 Å².